The topological polar surface area (TPSA) is 59.0 Å². The number of amides is 1. The van der Waals surface area contributed by atoms with Crippen molar-refractivity contribution in [3.05, 3.63) is 35.4 Å². The van der Waals surface area contributed by atoms with Gasteiger partial charge in [-0.25, -0.2) is 4.79 Å². The van der Waals surface area contributed by atoms with Crippen LogP contribution in [0.25, 0.3) is 0 Å². The van der Waals surface area contributed by atoms with Crippen LogP contribution in [0.4, 0.5) is 4.79 Å². The van der Waals surface area contributed by atoms with Gasteiger partial charge in [-0.1, -0.05) is 63.3 Å². The summed E-state index contributed by atoms with van der Waals surface area (Å²) in [6.07, 6.45) is 9.22. The third-order valence-electron chi connectivity index (χ3n) is 5.54. The lowest BCUT2D eigenvalue weighted by molar-refractivity contribution is 0.0120. The van der Waals surface area contributed by atoms with Crippen molar-refractivity contribution in [2.75, 3.05) is 13.2 Å². The number of carbonyl (C=O) groups excluding carboxylic acids is 1. The molecule has 0 radical (unpaired) electrons. The van der Waals surface area contributed by atoms with Crippen LogP contribution in [-0.2, 0) is 22.5 Å². The van der Waals surface area contributed by atoms with Crippen LogP contribution in [0.2, 0.25) is 0 Å². The largest absolute Gasteiger partial charge is 0.444 e. The molecule has 0 bridgehead atoms. The highest BCUT2D eigenvalue weighted by Crippen LogP contribution is 2.24. The lowest BCUT2D eigenvalue weighted by Gasteiger charge is -2.27. The molecule has 1 aliphatic heterocycles. The van der Waals surface area contributed by atoms with E-state index in [9.17, 15) is 9.90 Å². The second-order valence-corrected chi connectivity index (χ2v) is 9.47. The first kappa shape index (κ1) is 24.7. The molecule has 0 aliphatic carbocycles. The monoisotopic (exact) mass is 419 g/mol. The highest BCUT2D eigenvalue weighted by atomic mass is 16.6. The number of nitrogens with zero attached hydrogens (tertiary/aromatic N) is 1. The Morgan fingerprint density at radius 3 is 2.33 bits per heavy atom. The van der Waals surface area contributed by atoms with E-state index in [4.69, 9.17) is 9.47 Å². The van der Waals surface area contributed by atoms with E-state index in [2.05, 4.69) is 31.2 Å². The number of hydrogen-bond donors (Lipinski definition) is 1. The Kier molecular flexibility index (Phi) is 10.1. The number of carbonyl (C=O) groups is 1. The lowest BCUT2D eigenvalue weighted by atomic mass is 10.0. The molecule has 5 nitrogen and oxygen atoms in total. The fourth-order valence-corrected chi connectivity index (χ4v) is 3.84. The first-order chi connectivity index (χ1) is 14.3. The van der Waals surface area contributed by atoms with E-state index in [-0.39, 0.29) is 24.8 Å². The maximum absolute atomic E-state index is 12.4. The number of aryl methyl sites for hydroxylation is 1. The molecule has 1 fully saturated rings. The summed E-state index contributed by atoms with van der Waals surface area (Å²) in [5.74, 6) is 0. The van der Waals surface area contributed by atoms with Gasteiger partial charge in [-0.15, -0.1) is 0 Å². The molecule has 30 heavy (non-hydrogen) atoms. The van der Waals surface area contributed by atoms with E-state index in [1.807, 2.05) is 20.8 Å². The van der Waals surface area contributed by atoms with E-state index in [0.29, 0.717) is 19.6 Å². The molecule has 1 heterocycles. The summed E-state index contributed by atoms with van der Waals surface area (Å²) in [5, 5.41) is 9.64. The van der Waals surface area contributed by atoms with Crippen LogP contribution in [0.15, 0.2) is 24.3 Å². The zero-order valence-corrected chi connectivity index (χ0v) is 19.4. The summed E-state index contributed by atoms with van der Waals surface area (Å²) >= 11 is 0. The van der Waals surface area contributed by atoms with Gasteiger partial charge in [0.05, 0.1) is 31.9 Å². The molecule has 170 valence electrons. The fraction of sp³-hybridized carbons (Fsp3) is 0.720. The number of rotatable bonds is 11. The van der Waals surface area contributed by atoms with E-state index in [0.717, 1.165) is 12.0 Å². The number of ether oxygens (including phenoxy) is 2. The second kappa shape index (κ2) is 12.3. The minimum atomic E-state index is -0.548. The Balaban J connectivity index is 1.74. The number of hydrogen-bond acceptors (Lipinski definition) is 4. The van der Waals surface area contributed by atoms with E-state index in [1.54, 1.807) is 4.90 Å². The Morgan fingerprint density at radius 1 is 1.07 bits per heavy atom. The average Bonchev–Trinajstić information content (AvgIpc) is 3.12. The normalized spacial score (nSPS) is 19.3. The Bertz CT molecular complexity index is 623. The van der Waals surface area contributed by atoms with Gasteiger partial charge in [-0.2, -0.15) is 0 Å². The molecule has 5 heteroatoms. The molecule has 0 aromatic heterocycles. The Morgan fingerprint density at radius 2 is 1.70 bits per heavy atom. The van der Waals surface area contributed by atoms with Crippen molar-refractivity contribution in [1.29, 1.82) is 0 Å². The zero-order chi connectivity index (χ0) is 22.0. The quantitative estimate of drug-likeness (QED) is 0.483. The molecule has 2 atom stereocenters. The summed E-state index contributed by atoms with van der Waals surface area (Å²) in [4.78, 5) is 14.0. The first-order valence-corrected chi connectivity index (χ1v) is 11.6. The number of unbranched alkanes of at least 4 members (excludes halogenated alkanes) is 5. The van der Waals surface area contributed by atoms with Crippen LogP contribution < -0.4 is 0 Å². The minimum Gasteiger partial charge on any atom is -0.444 e. The molecule has 0 spiro atoms. The fourth-order valence-electron chi connectivity index (χ4n) is 3.84. The minimum absolute atomic E-state index is 0.0771. The van der Waals surface area contributed by atoms with Gasteiger partial charge in [0.1, 0.15) is 5.60 Å². The van der Waals surface area contributed by atoms with Crippen molar-refractivity contribution in [2.45, 2.75) is 103 Å². The predicted molar refractivity (Wildman–Crippen MR) is 121 cm³/mol. The van der Waals surface area contributed by atoms with Gasteiger partial charge in [-0.05, 0) is 51.2 Å². The van der Waals surface area contributed by atoms with E-state index in [1.165, 1.54) is 44.1 Å². The lowest BCUT2D eigenvalue weighted by Crippen LogP contribution is -2.41. The van der Waals surface area contributed by atoms with Crippen molar-refractivity contribution in [3.8, 4) is 0 Å². The highest BCUT2D eigenvalue weighted by molar-refractivity contribution is 5.69. The number of likely N-dealkylation sites (tertiary alicyclic amines) is 1. The number of aliphatic hydroxyl groups excluding tert-OH is 1. The van der Waals surface area contributed by atoms with Crippen LogP contribution >= 0.6 is 0 Å². The van der Waals surface area contributed by atoms with Gasteiger partial charge in [0, 0.05) is 0 Å². The number of benzene rings is 1. The molecule has 1 amide bonds. The van der Waals surface area contributed by atoms with Crippen molar-refractivity contribution in [1.82, 2.24) is 4.90 Å². The smallest absolute Gasteiger partial charge is 0.410 e. The van der Waals surface area contributed by atoms with E-state index >= 15 is 0 Å². The van der Waals surface area contributed by atoms with Gasteiger partial charge >= 0.3 is 6.09 Å². The Hall–Kier alpha value is -1.59. The van der Waals surface area contributed by atoms with Crippen LogP contribution in [0, 0.1) is 0 Å². The third-order valence-corrected chi connectivity index (χ3v) is 5.54. The standard InChI is InChI=1S/C25H41NO4/c1-5-6-7-8-9-10-11-20-12-14-21(15-13-20)19-29-23-16-22(18-27)26(17-23)24(28)30-25(2,3)4/h12-15,22-23,27H,5-11,16-19H2,1-4H3/t22-,23+/m0/s1. The maximum atomic E-state index is 12.4. The molecule has 1 aromatic rings. The summed E-state index contributed by atoms with van der Waals surface area (Å²) < 4.78 is 11.5. The van der Waals surface area contributed by atoms with Crippen LogP contribution in [-0.4, -0.2) is 47.0 Å². The second-order valence-electron chi connectivity index (χ2n) is 9.47. The van der Waals surface area contributed by atoms with Crippen molar-refractivity contribution in [2.24, 2.45) is 0 Å². The van der Waals surface area contributed by atoms with Gasteiger partial charge in [0.25, 0.3) is 0 Å². The van der Waals surface area contributed by atoms with Crippen molar-refractivity contribution in [3.63, 3.8) is 0 Å². The first-order valence-electron chi connectivity index (χ1n) is 11.6. The average molecular weight is 420 g/mol. The number of aliphatic hydroxyl groups is 1. The highest BCUT2D eigenvalue weighted by Gasteiger charge is 2.37. The van der Waals surface area contributed by atoms with Gasteiger partial charge < -0.3 is 19.5 Å². The van der Waals surface area contributed by atoms with Crippen LogP contribution in [0.1, 0.15) is 83.8 Å². The third kappa shape index (κ3) is 8.65. The molecule has 0 saturated carbocycles. The van der Waals surface area contributed by atoms with Crippen LogP contribution in [0.3, 0.4) is 0 Å². The SMILES string of the molecule is CCCCCCCCc1ccc(CO[C@@H]2C[C@@H](CO)N(C(=O)OC(C)(C)C)C2)cc1. The molecule has 0 unspecified atom stereocenters. The van der Waals surface area contributed by atoms with Gasteiger partial charge in [-0.3, -0.25) is 0 Å². The van der Waals surface area contributed by atoms with Crippen LogP contribution in [0.5, 0.6) is 0 Å². The molecule has 1 aromatic carbocycles. The van der Waals surface area contributed by atoms with Crippen molar-refractivity contribution >= 4 is 6.09 Å². The molecule has 1 saturated heterocycles. The van der Waals surface area contributed by atoms with E-state index < -0.39 is 5.60 Å². The molecular formula is C25H41NO4. The summed E-state index contributed by atoms with van der Waals surface area (Å²) in [6.45, 7) is 8.68. The zero-order valence-electron chi connectivity index (χ0n) is 19.4. The van der Waals surface area contributed by atoms with Gasteiger partial charge in [0.15, 0.2) is 0 Å². The summed E-state index contributed by atoms with van der Waals surface area (Å²) in [5.41, 5.74) is 1.97. The Labute approximate surface area is 182 Å². The van der Waals surface area contributed by atoms with Crippen molar-refractivity contribution < 1.29 is 19.4 Å². The predicted octanol–water partition coefficient (Wildman–Crippen LogP) is 5.48. The maximum Gasteiger partial charge on any atom is 0.410 e. The molecule has 1 aliphatic rings. The summed E-state index contributed by atoms with van der Waals surface area (Å²) in [6, 6.07) is 8.42. The summed E-state index contributed by atoms with van der Waals surface area (Å²) in [7, 11) is 0. The molecule has 2 rings (SSSR count). The molecule has 1 N–H and O–H groups in total. The molecular weight excluding hydrogens is 378 g/mol. The van der Waals surface area contributed by atoms with Gasteiger partial charge in [0.2, 0.25) is 0 Å².